The average molecular weight is 1400 g/mol. The zero-order chi connectivity index (χ0) is 71.3. The molecule has 96 heavy (non-hydrogen) atoms. The summed E-state index contributed by atoms with van der Waals surface area (Å²) in [6.45, 7) is -1.82. The van der Waals surface area contributed by atoms with E-state index in [-0.39, 0.29) is 0 Å². The van der Waals surface area contributed by atoms with E-state index >= 15 is 0 Å². The lowest BCUT2D eigenvalue weighted by Gasteiger charge is -2.51. The van der Waals surface area contributed by atoms with Crippen LogP contribution in [0.3, 0.4) is 0 Å². The second-order valence-electron chi connectivity index (χ2n) is 24.3. The Bertz CT molecular complexity index is 2540. The predicted octanol–water partition coefficient (Wildman–Crippen LogP) is -15.4. The largest absolute Gasteiger partial charge is 0.477 e. The molecule has 7 heterocycles. The monoisotopic (exact) mass is 1400 g/mol. The molecule has 0 spiro atoms. The number of carboxylic acids is 1. The number of aliphatic hydroxyl groups excluding tert-OH is 19. The van der Waals surface area contributed by atoms with Gasteiger partial charge in [0.2, 0.25) is 23.6 Å². The van der Waals surface area contributed by atoms with E-state index in [1.54, 1.807) is 0 Å². The lowest BCUT2D eigenvalue weighted by atomic mass is 9.88. The normalized spacial score (nSPS) is 46.0. The maximum atomic E-state index is 12.9. The molecular formula is C54H90N4O38. The fourth-order valence-electron chi connectivity index (χ4n) is 12.4. The number of hydrogen-bond acceptors (Lipinski definition) is 37. The number of carbonyl (C=O) groups is 5. The van der Waals surface area contributed by atoms with Crippen LogP contribution < -0.4 is 21.3 Å². The van der Waals surface area contributed by atoms with Crippen LogP contribution >= 0.6 is 0 Å². The number of amides is 4. The quantitative estimate of drug-likeness (QED) is 0.0382. The molecule has 36 atom stereocenters. The highest BCUT2D eigenvalue weighted by Crippen LogP contribution is 2.39. The Labute approximate surface area is 544 Å². The van der Waals surface area contributed by atoms with Crippen molar-refractivity contribution in [3.05, 3.63) is 0 Å². The van der Waals surface area contributed by atoms with E-state index in [0.29, 0.717) is 0 Å². The van der Waals surface area contributed by atoms with Gasteiger partial charge in [-0.2, -0.15) is 0 Å². The van der Waals surface area contributed by atoms with Crippen LogP contribution in [0.5, 0.6) is 0 Å². The van der Waals surface area contributed by atoms with Crippen LogP contribution in [-0.2, 0) is 85.6 Å². The topological polar surface area (TPSA) is 658 Å². The first-order chi connectivity index (χ1) is 45.2. The summed E-state index contributed by atoms with van der Waals surface area (Å²) in [5.41, 5.74) is 0. The Morgan fingerprint density at radius 1 is 0.427 bits per heavy atom. The summed E-state index contributed by atoms with van der Waals surface area (Å²) in [7, 11) is 0. The van der Waals surface area contributed by atoms with Crippen molar-refractivity contribution in [2.75, 3.05) is 46.2 Å². The fraction of sp³-hybridized carbons (Fsp3) is 0.907. The smallest absolute Gasteiger partial charge is 0.364 e. The highest BCUT2D eigenvalue weighted by molar-refractivity contribution is 5.77. The van der Waals surface area contributed by atoms with E-state index in [1.807, 2.05) is 0 Å². The van der Waals surface area contributed by atoms with Crippen molar-refractivity contribution in [1.29, 1.82) is 0 Å². The first kappa shape index (κ1) is 79.4. The van der Waals surface area contributed by atoms with Crippen LogP contribution in [0.25, 0.3) is 0 Å². The van der Waals surface area contributed by atoms with Gasteiger partial charge in [0.15, 0.2) is 31.5 Å². The van der Waals surface area contributed by atoms with Crippen molar-refractivity contribution in [1.82, 2.24) is 21.3 Å². The van der Waals surface area contributed by atoms with Crippen LogP contribution in [0, 0.1) is 0 Å². The van der Waals surface area contributed by atoms with Gasteiger partial charge >= 0.3 is 5.97 Å². The molecule has 7 saturated heterocycles. The summed E-state index contributed by atoms with van der Waals surface area (Å²) >= 11 is 0. The van der Waals surface area contributed by atoms with Gasteiger partial charge in [0.1, 0.15) is 159 Å². The van der Waals surface area contributed by atoms with E-state index in [0.717, 1.165) is 27.7 Å². The van der Waals surface area contributed by atoms with Crippen molar-refractivity contribution < 1.29 is 188 Å². The number of nitrogens with one attached hydrogen (secondary N) is 4. The van der Waals surface area contributed by atoms with Gasteiger partial charge in [-0.3, -0.25) is 19.2 Å². The molecule has 0 bridgehead atoms. The highest BCUT2D eigenvalue weighted by atomic mass is 16.8. The minimum atomic E-state index is -3.03. The molecule has 7 fully saturated rings. The number of ether oxygens (including phenoxy) is 13. The van der Waals surface area contributed by atoms with Crippen molar-refractivity contribution in [3.63, 3.8) is 0 Å². The molecule has 0 aliphatic carbocycles. The van der Waals surface area contributed by atoms with Gasteiger partial charge in [-0.1, -0.05) is 0 Å². The summed E-state index contributed by atoms with van der Waals surface area (Å²) in [5.74, 6) is -8.18. The van der Waals surface area contributed by atoms with Gasteiger partial charge in [0.25, 0.3) is 5.79 Å². The van der Waals surface area contributed by atoms with Gasteiger partial charge in [-0.15, -0.1) is 0 Å². The summed E-state index contributed by atoms with van der Waals surface area (Å²) in [6, 6.07) is -6.41. The molecule has 0 aromatic heterocycles. The van der Waals surface area contributed by atoms with E-state index in [9.17, 15) is 126 Å². The maximum absolute atomic E-state index is 12.9. The number of aliphatic carboxylic acids is 1. The molecule has 42 nitrogen and oxygen atoms in total. The van der Waals surface area contributed by atoms with E-state index < -0.39 is 302 Å². The van der Waals surface area contributed by atoms with Gasteiger partial charge in [0.05, 0.1) is 70.5 Å². The predicted molar refractivity (Wildman–Crippen MR) is 299 cm³/mol. The molecule has 7 aliphatic rings. The fourth-order valence-corrected chi connectivity index (χ4v) is 12.4. The number of carbonyl (C=O) groups excluding carboxylic acids is 4. The number of aliphatic hydroxyl groups is 19. The number of carboxylic acid groups (broad SMARTS) is 1. The van der Waals surface area contributed by atoms with Crippen LogP contribution in [0.1, 0.15) is 41.0 Å². The molecule has 0 aromatic carbocycles. The lowest BCUT2D eigenvalue weighted by molar-refractivity contribution is -0.395. The molecule has 0 saturated carbocycles. The van der Waals surface area contributed by atoms with Gasteiger partial charge in [-0.25, -0.2) is 4.79 Å². The van der Waals surface area contributed by atoms with Gasteiger partial charge in [-0.05, 0) is 6.92 Å². The number of hydrogen-bond donors (Lipinski definition) is 24. The van der Waals surface area contributed by atoms with Crippen LogP contribution in [0.15, 0.2) is 0 Å². The standard InChI is InChI=1S/C54H90N4O38/c1-14-27(55-15(2)65)35(75)42(23(10-62)85-14)91-48-29(57-17(4)67)36(76)44(25(12-64)88-48)93-51-41(81)46(34(74)22(9-61)86-51)94-52-47(39(79)32(72)21(8-60)87-52)95-49-30(58-18(5)68)37(77)43(24(11-63)89-49)92-50-40(80)38(78)33(73)26(90-50)13-84-54(53(82)83)6-19(69)28(56-16(3)66)45(96-54)31(71)20(70)7-59/h14,19-52,59-64,69-81H,6-13H2,1-5H3,(H,55,65)(H,56,66)(H,57,67)(H,58,68)(H,82,83)/t14-,19+,20?,21+,22?,23?,24?,25?,26?,27+,28+,29-,30-,31?,32+,33-,34+,35?,36?,37?,38?,39?,40-,41+,42+,43-,44+,45?,46?,47?,48-,49-,50-,51-,52+,54+/m0/s1. The molecule has 7 rings (SSSR count). The Kier molecular flexibility index (Phi) is 28.2. The zero-order valence-electron chi connectivity index (χ0n) is 52.2. The SMILES string of the molecule is CC(=O)N[C@H]1C(O)[C@H](O[C@@H]2OC(CO)[C@@H](O)C(O[C@H]3O[C@H](CO)[C@@H](O)C(O)C3O[C@@H]3OC(CO)[C@H](O[C@@H]4OC(CO[C@]5(C(=O)O)C[C@@H](O)[C@@H](NC(C)=O)C(C(O)C(O)CO)O5)[C@H](O)C(O)[C@@H]4O)C(O)[C@@H]3NC(C)=O)[C@H]2O)C(CO)O[C@H]1O[C@@H]1C(CO)O[C@@H](C)[C@@H](NC(C)=O)C1O. The molecule has 0 aromatic rings. The van der Waals surface area contributed by atoms with Crippen molar-refractivity contribution >= 4 is 29.6 Å². The third kappa shape index (κ3) is 17.5. The number of rotatable bonds is 26. The minimum absolute atomic E-state index is 0.576. The lowest BCUT2D eigenvalue weighted by Crippen LogP contribution is -2.70. The molecule has 24 N–H and O–H groups in total. The van der Waals surface area contributed by atoms with E-state index in [4.69, 9.17) is 61.6 Å². The molecule has 7 aliphatic heterocycles. The minimum Gasteiger partial charge on any atom is -0.477 e. The summed E-state index contributed by atoms with van der Waals surface area (Å²) in [4.78, 5) is 62.5. The van der Waals surface area contributed by atoms with Gasteiger partial charge in [0, 0.05) is 34.1 Å². The Morgan fingerprint density at radius 3 is 1.29 bits per heavy atom. The Balaban J connectivity index is 1.10. The summed E-state index contributed by atoms with van der Waals surface area (Å²) < 4.78 is 76.1. The maximum Gasteiger partial charge on any atom is 0.364 e. The zero-order valence-corrected chi connectivity index (χ0v) is 52.2. The molecular weight excluding hydrogens is 1310 g/mol. The van der Waals surface area contributed by atoms with Crippen molar-refractivity contribution in [2.24, 2.45) is 0 Å². The van der Waals surface area contributed by atoms with Crippen LogP contribution in [0.2, 0.25) is 0 Å². The average Bonchev–Trinajstić information content (AvgIpc) is 0.776. The van der Waals surface area contributed by atoms with E-state index in [2.05, 4.69) is 21.3 Å². The summed E-state index contributed by atoms with van der Waals surface area (Å²) in [5, 5.41) is 229. The summed E-state index contributed by atoms with van der Waals surface area (Å²) in [6.07, 6.45) is -62.6. The van der Waals surface area contributed by atoms with Crippen molar-refractivity contribution in [2.45, 2.75) is 261 Å². The molecule has 4 amide bonds. The van der Waals surface area contributed by atoms with Gasteiger partial charge < -0.3 is 185 Å². The van der Waals surface area contributed by atoms with Crippen molar-refractivity contribution in [3.8, 4) is 0 Å². The molecule has 0 radical (unpaired) electrons. The molecule has 42 heteroatoms. The molecule has 554 valence electrons. The van der Waals surface area contributed by atoms with Crippen LogP contribution in [-0.4, -0.2) is 398 Å². The second-order valence-corrected chi connectivity index (χ2v) is 24.3. The first-order valence-corrected chi connectivity index (χ1v) is 30.6. The van der Waals surface area contributed by atoms with Crippen LogP contribution in [0.4, 0.5) is 0 Å². The second kappa shape index (κ2) is 34.2. The highest BCUT2D eigenvalue weighted by Gasteiger charge is 2.61. The third-order valence-corrected chi connectivity index (χ3v) is 17.4. The molecule has 15 unspecified atom stereocenters. The third-order valence-electron chi connectivity index (χ3n) is 17.4. The first-order valence-electron chi connectivity index (χ1n) is 30.6. The Hall–Kier alpha value is -3.93. The Morgan fingerprint density at radius 2 is 0.812 bits per heavy atom. The van der Waals surface area contributed by atoms with E-state index in [1.165, 1.54) is 6.92 Å².